The zero-order valence-electron chi connectivity index (χ0n) is 8.01. The number of nitrogens with zero attached hydrogens (tertiary/aromatic N) is 1. The zero-order valence-corrected chi connectivity index (χ0v) is 8.01. The van der Waals surface area contributed by atoms with Crippen LogP contribution in [-0.2, 0) is 9.47 Å². The van der Waals surface area contributed by atoms with Crippen LogP contribution in [0.15, 0.2) is 4.99 Å². The van der Waals surface area contributed by atoms with Gasteiger partial charge in [0.15, 0.2) is 0 Å². The molecule has 1 N–H and O–H groups in total. The summed E-state index contributed by atoms with van der Waals surface area (Å²) in [4.78, 5) is 4.48. The minimum absolute atomic E-state index is 0.0910. The largest absolute Gasteiger partial charge is 0.380 e. The number of rotatable bonds is 1. The van der Waals surface area contributed by atoms with Crippen LogP contribution < -0.4 is 5.32 Å². The Morgan fingerprint density at radius 3 is 3.08 bits per heavy atom. The van der Waals surface area contributed by atoms with Gasteiger partial charge in [0.25, 0.3) is 0 Å². The average molecular weight is 184 g/mol. The quantitative estimate of drug-likeness (QED) is 0.641. The summed E-state index contributed by atoms with van der Waals surface area (Å²) in [5, 5.41) is 3.21. The summed E-state index contributed by atoms with van der Waals surface area (Å²) in [6.07, 6.45) is 1.05. The lowest BCUT2D eigenvalue weighted by Crippen LogP contribution is -2.39. The van der Waals surface area contributed by atoms with Crippen LogP contribution in [0.1, 0.15) is 13.3 Å². The molecule has 0 spiro atoms. The molecule has 4 heteroatoms. The topological polar surface area (TPSA) is 42.8 Å². The minimum atomic E-state index is 0.0910. The Morgan fingerprint density at radius 2 is 2.31 bits per heavy atom. The van der Waals surface area contributed by atoms with Gasteiger partial charge in [-0.2, -0.15) is 0 Å². The summed E-state index contributed by atoms with van der Waals surface area (Å²) in [6, 6.07) is 0. The molecule has 2 aliphatic rings. The van der Waals surface area contributed by atoms with E-state index in [0.717, 1.165) is 32.0 Å². The summed E-state index contributed by atoms with van der Waals surface area (Å²) < 4.78 is 10.7. The molecule has 2 heterocycles. The molecule has 0 amide bonds. The van der Waals surface area contributed by atoms with Gasteiger partial charge in [0.05, 0.1) is 25.2 Å². The summed E-state index contributed by atoms with van der Waals surface area (Å²) in [7, 11) is 0. The molecule has 0 radical (unpaired) electrons. The van der Waals surface area contributed by atoms with Crippen LogP contribution in [0.5, 0.6) is 0 Å². The summed E-state index contributed by atoms with van der Waals surface area (Å²) in [5.74, 6) is 1.06. The highest BCUT2D eigenvalue weighted by Gasteiger charge is 2.35. The molecule has 1 unspecified atom stereocenters. The molecular formula is C9H16N2O2. The monoisotopic (exact) mass is 184 g/mol. The number of ether oxygens (including phenoxy) is 2. The molecule has 13 heavy (non-hydrogen) atoms. The highest BCUT2D eigenvalue weighted by atomic mass is 16.5. The lowest BCUT2D eigenvalue weighted by Gasteiger charge is -2.23. The van der Waals surface area contributed by atoms with Gasteiger partial charge in [-0.05, 0) is 6.42 Å². The fraction of sp³-hybridized carbons (Fsp3) is 0.889. The lowest BCUT2D eigenvalue weighted by atomic mass is 9.88. The van der Waals surface area contributed by atoms with Gasteiger partial charge in [-0.15, -0.1) is 0 Å². The zero-order chi connectivity index (χ0) is 9.15. The van der Waals surface area contributed by atoms with E-state index in [2.05, 4.69) is 17.2 Å². The van der Waals surface area contributed by atoms with Crippen molar-refractivity contribution in [2.24, 2.45) is 10.4 Å². The van der Waals surface area contributed by atoms with Gasteiger partial charge in [-0.25, -0.2) is 0 Å². The maximum atomic E-state index is 5.39. The molecule has 4 nitrogen and oxygen atoms in total. The predicted octanol–water partition coefficient (Wildman–Crippen LogP) is 0.389. The Balaban J connectivity index is 2.08. The highest BCUT2D eigenvalue weighted by Crippen LogP contribution is 2.28. The first-order valence-electron chi connectivity index (χ1n) is 4.76. The van der Waals surface area contributed by atoms with Gasteiger partial charge in [-0.1, -0.05) is 6.92 Å². The molecule has 0 saturated carbocycles. The molecule has 1 fully saturated rings. The van der Waals surface area contributed by atoms with E-state index in [1.165, 1.54) is 0 Å². The van der Waals surface area contributed by atoms with E-state index in [0.29, 0.717) is 13.3 Å². The smallest absolute Gasteiger partial charge is 0.117 e. The first-order chi connectivity index (χ1) is 6.31. The first-order valence-corrected chi connectivity index (χ1v) is 4.76. The maximum absolute atomic E-state index is 5.39. The molecule has 0 aromatic carbocycles. The van der Waals surface area contributed by atoms with Crippen molar-refractivity contribution in [3.8, 4) is 0 Å². The molecule has 74 valence electrons. The fourth-order valence-corrected chi connectivity index (χ4v) is 1.73. The van der Waals surface area contributed by atoms with Crippen molar-refractivity contribution >= 4 is 5.84 Å². The molecular weight excluding hydrogens is 168 g/mol. The predicted molar refractivity (Wildman–Crippen MR) is 49.8 cm³/mol. The number of hydrogen-bond donors (Lipinski definition) is 1. The molecule has 1 atom stereocenters. The summed E-state index contributed by atoms with van der Waals surface area (Å²) in [5.41, 5.74) is 0.0910. The minimum Gasteiger partial charge on any atom is -0.380 e. The van der Waals surface area contributed by atoms with Crippen LogP contribution in [0.4, 0.5) is 0 Å². The third-order valence-corrected chi connectivity index (χ3v) is 2.64. The van der Waals surface area contributed by atoms with Crippen LogP contribution in [-0.4, -0.2) is 38.9 Å². The second-order valence-electron chi connectivity index (χ2n) is 3.82. The van der Waals surface area contributed by atoms with Crippen molar-refractivity contribution in [1.82, 2.24) is 5.32 Å². The molecule has 0 bridgehead atoms. The summed E-state index contributed by atoms with van der Waals surface area (Å²) in [6.45, 7) is 5.87. The second-order valence-corrected chi connectivity index (χ2v) is 3.82. The van der Waals surface area contributed by atoms with Crippen LogP contribution in [0.2, 0.25) is 0 Å². The van der Waals surface area contributed by atoms with E-state index in [-0.39, 0.29) is 5.41 Å². The van der Waals surface area contributed by atoms with Crippen molar-refractivity contribution < 1.29 is 9.47 Å². The van der Waals surface area contributed by atoms with Crippen LogP contribution >= 0.6 is 0 Å². The fourth-order valence-electron chi connectivity index (χ4n) is 1.73. The Labute approximate surface area is 78.3 Å². The van der Waals surface area contributed by atoms with Gasteiger partial charge in [0.2, 0.25) is 0 Å². The second kappa shape index (κ2) is 3.64. The van der Waals surface area contributed by atoms with Gasteiger partial charge in [0, 0.05) is 6.61 Å². The highest BCUT2D eigenvalue weighted by molar-refractivity contribution is 5.88. The van der Waals surface area contributed by atoms with Crippen LogP contribution in [0.25, 0.3) is 0 Å². The van der Waals surface area contributed by atoms with Crippen molar-refractivity contribution in [2.75, 3.05) is 33.1 Å². The summed E-state index contributed by atoms with van der Waals surface area (Å²) >= 11 is 0. The molecule has 0 aromatic rings. The SMILES string of the molecule is CC1(C2=NCCOCN2)CCOC1. The molecule has 1 saturated heterocycles. The number of hydrogen-bond acceptors (Lipinski definition) is 4. The van der Waals surface area contributed by atoms with Gasteiger partial charge < -0.3 is 14.8 Å². The average Bonchev–Trinajstić information content (AvgIpc) is 2.44. The lowest BCUT2D eigenvalue weighted by molar-refractivity contribution is 0.139. The third-order valence-electron chi connectivity index (χ3n) is 2.64. The Morgan fingerprint density at radius 1 is 1.38 bits per heavy atom. The van der Waals surface area contributed by atoms with E-state index in [1.807, 2.05) is 0 Å². The standard InChI is InChI=1S/C9H16N2O2/c1-9(2-4-12-6-9)8-10-3-5-13-7-11-8/h2-7H2,1H3,(H,10,11). The Bertz CT molecular complexity index is 210. The van der Waals surface area contributed by atoms with Crippen LogP contribution in [0, 0.1) is 5.41 Å². The normalized spacial score (nSPS) is 35.0. The van der Waals surface area contributed by atoms with E-state index in [4.69, 9.17) is 9.47 Å². The van der Waals surface area contributed by atoms with Crippen molar-refractivity contribution in [2.45, 2.75) is 13.3 Å². The number of aliphatic imine (C=N–C) groups is 1. The van der Waals surface area contributed by atoms with Gasteiger partial charge >= 0.3 is 0 Å². The van der Waals surface area contributed by atoms with E-state index in [1.54, 1.807) is 0 Å². The third kappa shape index (κ3) is 1.84. The van der Waals surface area contributed by atoms with E-state index >= 15 is 0 Å². The van der Waals surface area contributed by atoms with E-state index < -0.39 is 0 Å². The van der Waals surface area contributed by atoms with Crippen molar-refractivity contribution in [1.29, 1.82) is 0 Å². The first kappa shape index (κ1) is 8.97. The van der Waals surface area contributed by atoms with E-state index in [9.17, 15) is 0 Å². The molecule has 0 aliphatic carbocycles. The Kier molecular flexibility index (Phi) is 2.51. The van der Waals surface area contributed by atoms with Gasteiger partial charge in [-0.3, -0.25) is 4.99 Å². The molecule has 2 rings (SSSR count). The Hall–Kier alpha value is -0.610. The van der Waals surface area contributed by atoms with Crippen molar-refractivity contribution in [3.05, 3.63) is 0 Å². The maximum Gasteiger partial charge on any atom is 0.117 e. The van der Waals surface area contributed by atoms with Gasteiger partial charge in [0.1, 0.15) is 12.6 Å². The molecule has 0 aromatic heterocycles. The molecule has 2 aliphatic heterocycles. The number of nitrogens with one attached hydrogen (secondary N) is 1. The number of amidine groups is 1. The van der Waals surface area contributed by atoms with Crippen molar-refractivity contribution in [3.63, 3.8) is 0 Å². The van der Waals surface area contributed by atoms with Crippen LogP contribution in [0.3, 0.4) is 0 Å².